The lowest BCUT2D eigenvalue weighted by Gasteiger charge is -2.17. The monoisotopic (exact) mass is 351 g/mol. The van der Waals surface area contributed by atoms with Crippen molar-refractivity contribution in [1.82, 2.24) is 10.1 Å². The summed E-state index contributed by atoms with van der Waals surface area (Å²) >= 11 is 3.42. The molecule has 1 aliphatic rings. The summed E-state index contributed by atoms with van der Waals surface area (Å²) in [4.78, 5) is 4.44. The molecule has 2 aromatic rings. The van der Waals surface area contributed by atoms with E-state index in [9.17, 15) is 0 Å². The van der Waals surface area contributed by atoms with Crippen LogP contribution in [0.5, 0.6) is 5.75 Å². The zero-order valence-electron chi connectivity index (χ0n) is 11.9. The van der Waals surface area contributed by atoms with Crippen molar-refractivity contribution in [3.63, 3.8) is 0 Å². The highest BCUT2D eigenvalue weighted by Gasteiger charge is 2.36. The minimum Gasteiger partial charge on any atom is -0.481 e. The van der Waals surface area contributed by atoms with E-state index in [0.29, 0.717) is 11.7 Å². The molecule has 0 aliphatic heterocycles. The Kier molecular flexibility index (Phi) is 3.99. The third kappa shape index (κ3) is 3.11. The van der Waals surface area contributed by atoms with Gasteiger partial charge >= 0.3 is 0 Å². The Bertz CT molecular complexity index is 623. The van der Waals surface area contributed by atoms with E-state index in [0.717, 1.165) is 35.9 Å². The molecule has 6 heteroatoms. The molecule has 1 atom stereocenters. The van der Waals surface area contributed by atoms with Gasteiger partial charge in [0.1, 0.15) is 5.75 Å². The van der Waals surface area contributed by atoms with Crippen LogP contribution < -0.4 is 10.5 Å². The van der Waals surface area contributed by atoms with Gasteiger partial charge in [-0.1, -0.05) is 40.0 Å². The van der Waals surface area contributed by atoms with E-state index in [1.807, 2.05) is 31.2 Å². The van der Waals surface area contributed by atoms with Crippen LogP contribution in [0.1, 0.15) is 50.4 Å². The topological polar surface area (TPSA) is 74.2 Å². The molecule has 112 valence electrons. The third-order valence-corrected chi connectivity index (χ3v) is 4.33. The van der Waals surface area contributed by atoms with E-state index in [2.05, 4.69) is 26.1 Å². The lowest BCUT2D eigenvalue weighted by atomic mass is 9.99. The fraction of sp³-hybridized carbons (Fsp3) is 0.467. The van der Waals surface area contributed by atoms with Gasteiger partial charge in [0, 0.05) is 4.47 Å². The molecule has 3 rings (SSSR count). The zero-order chi connectivity index (χ0) is 14.9. The number of benzene rings is 1. The van der Waals surface area contributed by atoms with Gasteiger partial charge in [-0.25, -0.2) is 0 Å². The van der Waals surface area contributed by atoms with Crippen molar-refractivity contribution in [3.8, 4) is 5.75 Å². The Morgan fingerprint density at radius 2 is 2.14 bits per heavy atom. The Morgan fingerprint density at radius 3 is 2.86 bits per heavy atom. The Morgan fingerprint density at radius 1 is 1.38 bits per heavy atom. The second-order valence-electron chi connectivity index (χ2n) is 5.54. The highest BCUT2D eigenvalue weighted by molar-refractivity contribution is 9.10. The molecule has 1 unspecified atom stereocenters. The van der Waals surface area contributed by atoms with Crippen molar-refractivity contribution in [2.45, 2.75) is 44.2 Å². The van der Waals surface area contributed by atoms with Gasteiger partial charge < -0.3 is 15.0 Å². The number of rotatable bonds is 4. The van der Waals surface area contributed by atoms with E-state index in [1.165, 1.54) is 0 Å². The highest BCUT2D eigenvalue weighted by atomic mass is 79.9. The molecule has 1 aromatic carbocycles. The normalized spacial score (nSPS) is 18.6. The van der Waals surface area contributed by atoms with Crippen LogP contribution in [0.2, 0.25) is 0 Å². The van der Waals surface area contributed by atoms with Crippen molar-refractivity contribution < 1.29 is 9.26 Å². The van der Waals surface area contributed by atoms with Gasteiger partial charge in [-0.3, -0.25) is 0 Å². The molecule has 2 N–H and O–H groups in total. The van der Waals surface area contributed by atoms with Crippen LogP contribution in [-0.4, -0.2) is 10.1 Å². The first-order valence-electron chi connectivity index (χ1n) is 7.12. The molecule has 1 fully saturated rings. The predicted molar refractivity (Wildman–Crippen MR) is 81.8 cm³/mol. The second kappa shape index (κ2) is 5.77. The smallest absolute Gasteiger partial charge is 0.267 e. The first-order chi connectivity index (χ1) is 10.1. The molecule has 0 saturated heterocycles. The summed E-state index contributed by atoms with van der Waals surface area (Å²) in [6.07, 6.45) is 3.74. The van der Waals surface area contributed by atoms with E-state index >= 15 is 0 Å². The molecule has 0 radical (unpaired) electrons. The number of aromatic nitrogens is 2. The van der Waals surface area contributed by atoms with E-state index in [-0.39, 0.29) is 6.10 Å². The summed E-state index contributed by atoms with van der Waals surface area (Å²) in [6, 6.07) is 7.65. The number of nitrogens with zero attached hydrogens (tertiary/aromatic N) is 2. The van der Waals surface area contributed by atoms with Crippen LogP contribution in [0, 0.1) is 0 Å². The highest BCUT2D eigenvalue weighted by Crippen LogP contribution is 2.35. The SMILES string of the molecule is CC(Oc1cccc(Br)c1)c1nc(C2(N)CCCC2)no1. The molecule has 0 spiro atoms. The van der Waals surface area contributed by atoms with Gasteiger partial charge in [0.05, 0.1) is 5.54 Å². The first kappa shape index (κ1) is 14.5. The number of halogens is 1. The van der Waals surface area contributed by atoms with Gasteiger partial charge in [-0.2, -0.15) is 4.98 Å². The van der Waals surface area contributed by atoms with Crippen LogP contribution in [0.15, 0.2) is 33.3 Å². The van der Waals surface area contributed by atoms with Crippen LogP contribution >= 0.6 is 15.9 Å². The molecule has 21 heavy (non-hydrogen) atoms. The van der Waals surface area contributed by atoms with Gasteiger partial charge in [0.25, 0.3) is 5.89 Å². The summed E-state index contributed by atoms with van der Waals surface area (Å²) in [5.41, 5.74) is 5.90. The van der Waals surface area contributed by atoms with Gasteiger partial charge in [0.15, 0.2) is 11.9 Å². The molecular weight excluding hydrogens is 334 g/mol. The summed E-state index contributed by atoms with van der Waals surface area (Å²) < 4.78 is 12.1. The molecular formula is C15H18BrN3O2. The fourth-order valence-electron chi connectivity index (χ4n) is 2.63. The van der Waals surface area contributed by atoms with Crippen molar-refractivity contribution >= 4 is 15.9 Å². The summed E-state index contributed by atoms with van der Waals surface area (Å²) in [5, 5.41) is 4.05. The molecule has 5 nitrogen and oxygen atoms in total. The Balaban J connectivity index is 1.73. The lowest BCUT2D eigenvalue weighted by Crippen LogP contribution is -2.34. The Hall–Kier alpha value is -1.40. The van der Waals surface area contributed by atoms with Gasteiger partial charge in [-0.15, -0.1) is 0 Å². The van der Waals surface area contributed by atoms with Crippen molar-refractivity contribution in [3.05, 3.63) is 40.5 Å². The lowest BCUT2D eigenvalue weighted by molar-refractivity contribution is 0.175. The standard InChI is InChI=1S/C15H18BrN3O2/c1-10(20-12-6-4-5-11(16)9-12)13-18-14(19-21-13)15(17)7-2-3-8-15/h4-6,9-10H,2-3,7-8,17H2,1H3. The van der Waals surface area contributed by atoms with E-state index < -0.39 is 5.54 Å². The van der Waals surface area contributed by atoms with E-state index in [1.54, 1.807) is 0 Å². The average molecular weight is 352 g/mol. The molecule has 1 aromatic heterocycles. The maximum absolute atomic E-state index is 6.33. The number of ether oxygens (including phenoxy) is 1. The maximum atomic E-state index is 6.33. The number of hydrogen-bond acceptors (Lipinski definition) is 5. The van der Waals surface area contributed by atoms with Gasteiger partial charge in [-0.05, 0) is 38.0 Å². The predicted octanol–water partition coefficient (Wildman–Crippen LogP) is 3.70. The first-order valence-corrected chi connectivity index (χ1v) is 7.91. The van der Waals surface area contributed by atoms with Crippen LogP contribution in [-0.2, 0) is 5.54 Å². The average Bonchev–Trinajstić information content (AvgIpc) is 3.08. The summed E-state index contributed by atoms with van der Waals surface area (Å²) in [7, 11) is 0. The zero-order valence-corrected chi connectivity index (χ0v) is 13.5. The minimum absolute atomic E-state index is 0.314. The molecule has 1 heterocycles. The fourth-order valence-corrected chi connectivity index (χ4v) is 3.01. The third-order valence-electron chi connectivity index (χ3n) is 3.84. The van der Waals surface area contributed by atoms with Crippen molar-refractivity contribution in [2.75, 3.05) is 0 Å². The molecule has 0 amide bonds. The van der Waals surface area contributed by atoms with Crippen LogP contribution in [0.3, 0.4) is 0 Å². The van der Waals surface area contributed by atoms with Gasteiger partial charge in [0.2, 0.25) is 0 Å². The van der Waals surface area contributed by atoms with Crippen molar-refractivity contribution in [1.29, 1.82) is 0 Å². The van der Waals surface area contributed by atoms with Crippen molar-refractivity contribution in [2.24, 2.45) is 5.73 Å². The number of nitrogens with two attached hydrogens (primary N) is 1. The largest absolute Gasteiger partial charge is 0.481 e. The maximum Gasteiger partial charge on any atom is 0.267 e. The molecule has 1 saturated carbocycles. The second-order valence-corrected chi connectivity index (χ2v) is 6.45. The molecule has 1 aliphatic carbocycles. The summed E-state index contributed by atoms with van der Waals surface area (Å²) in [5.74, 6) is 1.81. The quantitative estimate of drug-likeness (QED) is 0.908. The van der Waals surface area contributed by atoms with E-state index in [4.69, 9.17) is 15.0 Å². The minimum atomic E-state index is -0.433. The Labute approximate surface area is 132 Å². The molecule has 0 bridgehead atoms. The number of hydrogen-bond donors (Lipinski definition) is 1. The van der Waals surface area contributed by atoms with Crippen LogP contribution in [0.4, 0.5) is 0 Å². The summed E-state index contributed by atoms with van der Waals surface area (Å²) in [6.45, 7) is 1.88. The van der Waals surface area contributed by atoms with Crippen LogP contribution in [0.25, 0.3) is 0 Å².